The molecule has 2 aromatic carbocycles. The first-order valence-corrected chi connectivity index (χ1v) is 8.70. The third-order valence-electron chi connectivity index (χ3n) is 4.31. The maximum atomic E-state index is 13.9. The molecule has 0 aliphatic carbocycles. The highest BCUT2D eigenvalue weighted by Gasteiger charge is 2.25. The molecular weight excluding hydrogens is 339 g/mol. The summed E-state index contributed by atoms with van der Waals surface area (Å²) in [5.74, 6) is -0.895. The molecule has 3 rings (SSSR count). The first-order chi connectivity index (χ1) is 12.1. The molecule has 1 heterocycles. The van der Waals surface area contributed by atoms with Crippen molar-refractivity contribution in [2.24, 2.45) is 0 Å². The van der Waals surface area contributed by atoms with Crippen molar-refractivity contribution in [1.29, 1.82) is 0 Å². The zero-order valence-corrected chi connectivity index (χ0v) is 14.6. The highest BCUT2D eigenvalue weighted by Crippen LogP contribution is 2.21. The molecule has 1 aliphatic heterocycles. The van der Waals surface area contributed by atoms with Crippen LogP contribution in [0.25, 0.3) is 6.08 Å². The van der Waals surface area contributed by atoms with Crippen molar-refractivity contribution >= 4 is 23.6 Å². The fourth-order valence-electron chi connectivity index (χ4n) is 2.90. The summed E-state index contributed by atoms with van der Waals surface area (Å²) in [7, 11) is 0. The topological polar surface area (TPSA) is 23.6 Å². The van der Waals surface area contributed by atoms with E-state index in [4.69, 9.17) is 11.6 Å². The Labute approximate surface area is 152 Å². The van der Waals surface area contributed by atoms with Crippen LogP contribution in [0.1, 0.15) is 15.9 Å². The number of nitrogens with zero attached hydrogens (tertiary/aromatic N) is 2. The van der Waals surface area contributed by atoms with Crippen molar-refractivity contribution in [3.05, 3.63) is 76.6 Å². The maximum Gasteiger partial charge on any atom is 0.258 e. The van der Waals surface area contributed by atoms with Gasteiger partial charge in [-0.25, -0.2) is 4.39 Å². The average Bonchev–Trinajstić information content (AvgIpc) is 2.63. The minimum absolute atomic E-state index is 0.0263. The molecule has 1 amide bonds. The monoisotopic (exact) mass is 358 g/mol. The zero-order valence-electron chi connectivity index (χ0n) is 13.9. The van der Waals surface area contributed by atoms with Gasteiger partial charge in [0.05, 0.1) is 10.6 Å². The molecule has 5 heteroatoms. The average molecular weight is 359 g/mol. The Bertz CT molecular complexity index is 735. The number of piperazine rings is 1. The number of hydrogen-bond acceptors (Lipinski definition) is 2. The van der Waals surface area contributed by atoms with Gasteiger partial charge in [-0.2, -0.15) is 0 Å². The summed E-state index contributed by atoms with van der Waals surface area (Å²) in [4.78, 5) is 16.5. The van der Waals surface area contributed by atoms with Crippen molar-refractivity contribution in [2.45, 2.75) is 0 Å². The molecule has 0 N–H and O–H groups in total. The van der Waals surface area contributed by atoms with Crippen molar-refractivity contribution in [3.63, 3.8) is 0 Å². The third kappa shape index (κ3) is 4.47. The Kier molecular flexibility index (Phi) is 5.84. The predicted octanol–water partition coefficient (Wildman–Crippen LogP) is 3.95. The number of hydrogen-bond donors (Lipinski definition) is 0. The van der Waals surface area contributed by atoms with E-state index in [0.29, 0.717) is 13.1 Å². The Morgan fingerprint density at radius 1 is 1.04 bits per heavy atom. The lowest BCUT2D eigenvalue weighted by atomic mass is 10.1. The molecule has 25 heavy (non-hydrogen) atoms. The van der Waals surface area contributed by atoms with Gasteiger partial charge in [-0.1, -0.05) is 60.2 Å². The van der Waals surface area contributed by atoms with E-state index in [0.717, 1.165) is 19.6 Å². The largest absolute Gasteiger partial charge is 0.336 e. The number of benzene rings is 2. The summed E-state index contributed by atoms with van der Waals surface area (Å²) in [5.41, 5.74) is 1.15. The fraction of sp³-hybridized carbons (Fsp3) is 0.250. The molecule has 2 aromatic rings. The Balaban J connectivity index is 1.53. The second kappa shape index (κ2) is 8.28. The van der Waals surface area contributed by atoms with Crippen LogP contribution < -0.4 is 0 Å². The minimum Gasteiger partial charge on any atom is -0.336 e. The summed E-state index contributed by atoms with van der Waals surface area (Å²) in [6, 6.07) is 14.5. The van der Waals surface area contributed by atoms with E-state index in [2.05, 4.69) is 29.2 Å². The van der Waals surface area contributed by atoms with E-state index in [1.165, 1.54) is 17.7 Å². The van der Waals surface area contributed by atoms with Gasteiger partial charge >= 0.3 is 0 Å². The first kappa shape index (κ1) is 17.6. The first-order valence-electron chi connectivity index (χ1n) is 8.32. The quantitative estimate of drug-likeness (QED) is 0.826. The molecule has 1 fully saturated rings. The van der Waals surface area contributed by atoms with Gasteiger partial charge < -0.3 is 4.90 Å². The van der Waals surface area contributed by atoms with Crippen LogP contribution in [0, 0.1) is 5.82 Å². The number of carbonyl (C=O) groups is 1. The van der Waals surface area contributed by atoms with Crippen molar-refractivity contribution in [1.82, 2.24) is 9.80 Å². The molecule has 3 nitrogen and oxygen atoms in total. The van der Waals surface area contributed by atoms with Gasteiger partial charge in [-0.05, 0) is 17.7 Å². The highest BCUT2D eigenvalue weighted by molar-refractivity contribution is 6.33. The summed E-state index contributed by atoms with van der Waals surface area (Å²) in [6.07, 6.45) is 4.22. The van der Waals surface area contributed by atoms with Crippen LogP contribution >= 0.6 is 11.6 Å². The van der Waals surface area contributed by atoms with Gasteiger partial charge in [-0.3, -0.25) is 9.69 Å². The second-order valence-electron chi connectivity index (χ2n) is 6.00. The molecule has 130 valence electrons. The Morgan fingerprint density at radius 3 is 2.44 bits per heavy atom. The molecule has 0 saturated carbocycles. The number of carbonyl (C=O) groups excluding carboxylic acids is 1. The lowest BCUT2D eigenvalue weighted by Crippen LogP contribution is -2.48. The van der Waals surface area contributed by atoms with Crippen LogP contribution in [-0.2, 0) is 0 Å². The van der Waals surface area contributed by atoms with Crippen molar-refractivity contribution in [2.75, 3.05) is 32.7 Å². The van der Waals surface area contributed by atoms with Gasteiger partial charge in [0, 0.05) is 32.7 Å². The number of halogens is 2. The lowest BCUT2D eigenvalue weighted by Gasteiger charge is -2.34. The fourth-order valence-corrected chi connectivity index (χ4v) is 3.14. The Morgan fingerprint density at radius 2 is 1.76 bits per heavy atom. The normalized spacial score (nSPS) is 15.7. The minimum atomic E-state index is -0.564. The molecule has 0 bridgehead atoms. The molecular formula is C20H20ClFN2O. The van der Waals surface area contributed by atoms with Crippen molar-refractivity contribution in [3.8, 4) is 0 Å². The van der Waals surface area contributed by atoms with Crippen LogP contribution in [0.2, 0.25) is 5.02 Å². The van der Waals surface area contributed by atoms with Gasteiger partial charge in [0.2, 0.25) is 0 Å². The molecule has 0 unspecified atom stereocenters. The summed E-state index contributed by atoms with van der Waals surface area (Å²) in [6.45, 7) is 3.50. The molecule has 0 radical (unpaired) electrons. The third-order valence-corrected chi connectivity index (χ3v) is 4.62. The smallest absolute Gasteiger partial charge is 0.258 e. The van der Waals surface area contributed by atoms with E-state index in [-0.39, 0.29) is 16.5 Å². The predicted molar refractivity (Wildman–Crippen MR) is 99.2 cm³/mol. The lowest BCUT2D eigenvalue weighted by molar-refractivity contribution is 0.0646. The van der Waals surface area contributed by atoms with Crippen LogP contribution in [0.15, 0.2) is 54.6 Å². The second-order valence-corrected chi connectivity index (χ2v) is 6.41. The van der Waals surface area contributed by atoms with Crippen molar-refractivity contribution < 1.29 is 9.18 Å². The van der Waals surface area contributed by atoms with Gasteiger partial charge in [-0.15, -0.1) is 0 Å². The summed E-state index contributed by atoms with van der Waals surface area (Å²) < 4.78 is 13.9. The maximum absolute atomic E-state index is 13.9. The zero-order chi connectivity index (χ0) is 17.6. The van der Waals surface area contributed by atoms with Crippen LogP contribution in [0.5, 0.6) is 0 Å². The summed E-state index contributed by atoms with van der Waals surface area (Å²) >= 11 is 5.99. The van der Waals surface area contributed by atoms with Crippen LogP contribution in [-0.4, -0.2) is 48.4 Å². The van der Waals surface area contributed by atoms with E-state index in [1.807, 2.05) is 18.2 Å². The highest BCUT2D eigenvalue weighted by atomic mass is 35.5. The van der Waals surface area contributed by atoms with E-state index in [1.54, 1.807) is 11.0 Å². The van der Waals surface area contributed by atoms with Crippen LogP contribution in [0.4, 0.5) is 4.39 Å². The van der Waals surface area contributed by atoms with Crippen LogP contribution in [0.3, 0.4) is 0 Å². The van der Waals surface area contributed by atoms with Gasteiger partial charge in [0.15, 0.2) is 0 Å². The standard InChI is InChI=1S/C20H20ClFN2O/c21-17-9-4-10-18(22)19(17)20(25)24-14-12-23(13-15-24)11-5-8-16-6-2-1-3-7-16/h1-10H,11-15H2/b8-5+. The summed E-state index contributed by atoms with van der Waals surface area (Å²) in [5, 5.41) is 0.165. The molecule has 0 aromatic heterocycles. The number of amides is 1. The SMILES string of the molecule is O=C(c1c(F)cccc1Cl)N1CCN(C/C=C/c2ccccc2)CC1. The molecule has 1 aliphatic rings. The van der Waals surface area contributed by atoms with E-state index < -0.39 is 5.82 Å². The van der Waals surface area contributed by atoms with E-state index >= 15 is 0 Å². The van der Waals surface area contributed by atoms with Gasteiger partial charge in [0.25, 0.3) is 5.91 Å². The molecule has 1 saturated heterocycles. The number of rotatable bonds is 4. The molecule has 0 spiro atoms. The van der Waals surface area contributed by atoms with E-state index in [9.17, 15) is 9.18 Å². The van der Waals surface area contributed by atoms with Gasteiger partial charge in [0.1, 0.15) is 5.82 Å². The molecule has 0 atom stereocenters. The Hall–Kier alpha value is -2.17.